The number of carbonyl (C=O) groups is 1. The Morgan fingerprint density at radius 1 is 1.22 bits per heavy atom. The molecule has 0 aromatic rings. The van der Waals surface area contributed by atoms with E-state index in [1.165, 1.54) is 25.7 Å². The largest absolute Gasteiger partial charge is 0.342 e. The molecular formula is C14H29N3O. The summed E-state index contributed by atoms with van der Waals surface area (Å²) < 4.78 is 0. The fourth-order valence-corrected chi connectivity index (χ4v) is 2.14. The van der Waals surface area contributed by atoms with E-state index in [4.69, 9.17) is 0 Å². The summed E-state index contributed by atoms with van der Waals surface area (Å²) in [6, 6.07) is 0.563. The predicted octanol–water partition coefficient (Wildman–Crippen LogP) is 1.32. The van der Waals surface area contributed by atoms with Crippen LogP contribution in [0.15, 0.2) is 0 Å². The fraction of sp³-hybridized carbons (Fsp3) is 0.929. The van der Waals surface area contributed by atoms with Crippen molar-refractivity contribution in [1.29, 1.82) is 0 Å². The summed E-state index contributed by atoms with van der Waals surface area (Å²) in [5, 5.41) is 3.26. The van der Waals surface area contributed by atoms with Gasteiger partial charge >= 0.3 is 0 Å². The van der Waals surface area contributed by atoms with E-state index in [-0.39, 0.29) is 5.91 Å². The van der Waals surface area contributed by atoms with E-state index in [1.807, 2.05) is 4.90 Å². The third kappa shape index (κ3) is 5.83. The summed E-state index contributed by atoms with van der Waals surface area (Å²) in [7, 11) is 2.11. The molecule has 1 aliphatic heterocycles. The van der Waals surface area contributed by atoms with E-state index in [9.17, 15) is 4.79 Å². The standard InChI is InChI=1S/C14H29N3O/c1-13(2)16(3)11-8-15-12-14(18)17-9-6-4-5-7-10-17/h13,15H,4-12H2,1-3H3. The zero-order chi connectivity index (χ0) is 13.4. The molecule has 0 radical (unpaired) electrons. The number of likely N-dealkylation sites (tertiary alicyclic amines) is 1. The van der Waals surface area contributed by atoms with Crippen LogP contribution in [0.4, 0.5) is 0 Å². The quantitative estimate of drug-likeness (QED) is 0.727. The minimum absolute atomic E-state index is 0.268. The van der Waals surface area contributed by atoms with Gasteiger partial charge in [0.2, 0.25) is 5.91 Å². The van der Waals surface area contributed by atoms with Crippen LogP contribution >= 0.6 is 0 Å². The van der Waals surface area contributed by atoms with Crippen molar-refractivity contribution < 1.29 is 4.79 Å². The van der Waals surface area contributed by atoms with Crippen LogP contribution in [0, 0.1) is 0 Å². The molecule has 0 aromatic heterocycles. The highest BCUT2D eigenvalue weighted by Crippen LogP contribution is 2.09. The molecule has 0 bridgehead atoms. The van der Waals surface area contributed by atoms with Gasteiger partial charge in [-0.15, -0.1) is 0 Å². The van der Waals surface area contributed by atoms with Gasteiger partial charge in [-0.2, -0.15) is 0 Å². The first-order valence-corrected chi connectivity index (χ1v) is 7.30. The van der Waals surface area contributed by atoms with Crippen molar-refractivity contribution in [2.75, 3.05) is 39.8 Å². The van der Waals surface area contributed by atoms with Crippen molar-refractivity contribution in [3.63, 3.8) is 0 Å². The molecule has 0 saturated carbocycles. The second kappa shape index (κ2) is 8.48. The number of hydrogen-bond acceptors (Lipinski definition) is 3. The number of nitrogens with one attached hydrogen (secondary N) is 1. The molecule has 1 aliphatic rings. The van der Waals surface area contributed by atoms with Crippen molar-refractivity contribution in [1.82, 2.24) is 15.1 Å². The van der Waals surface area contributed by atoms with Gasteiger partial charge in [0, 0.05) is 32.2 Å². The second-order valence-electron chi connectivity index (χ2n) is 5.55. The zero-order valence-electron chi connectivity index (χ0n) is 12.2. The lowest BCUT2D eigenvalue weighted by Gasteiger charge is -2.22. The van der Waals surface area contributed by atoms with E-state index in [1.54, 1.807) is 0 Å². The lowest BCUT2D eigenvalue weighted by atomic mass is 10.2. The molecule has 0 spiro atoms. The summed E-state index contributed by atoms with van der Waals surface area (Å²) >= 11 is 0. The number of hydrogen-bond donors (Lipinski definition) is 1. The monoisotopic (exact) mass is 255 g/mol. The number of rotatable bonds is 6. The maximum atomic E-state index is 12.0. The summed E-state index contributed by atoms with van der Waals surface area (Å²) in [4.78, 5) is 16.3. The maximum absolute atomic E-state index is 12.0. The number of nitrogens with zero attached hydrogens (tertiary/aromatic N) is 2. The molecular weight excluding hydrogens is 226 g/mol. The SMILES string of the molecule is CC(C)N(C)CCNCC(=O)N1CCCCCC1. The van der Waals surface area contributed by atoms with Crippen molar-refractivity contribution in [2.45, 2.75) is 45.6 Å². The van der Waals surface area contributed by atoms with Gasteiger partial charge in [-0.3, -0.25) is 4.79 Å². The van der Waals surface area contributed by atoms with Gasteiger partial charge in [0.1, 0.15) is 0 Å². The molecule has 1 rings (SSSR count). The van der Waals surface area contributed by atoms with Crippen LogP contribution in [0.1, 0.15) is 39.5 Å². The Balaban J connectivity index is 2.12. The lowest BCUT2D eigenvalue weighted by molar-refractivity contribution is -0.130. The topological polar surface area (TPSA) is 35.6 Å². The van der Waals surface area contributed by atoms with Gasteiger partial charge in [0.05, 0.1) is 6.54 Å². The maximum Gasteiger partial charge on any atom is 0.236 e. The molecule has 1 heterocycles. The number of likely N-dealkylation sites (N-methyl/N-ethyl adjacent to an activating group) is 1. The Hall–Kier alpha value is -0.610. The highest BCUT2D eigenvalue weighted by molar-refractivity contribution is 5.78. The van der Waals surface area contributed by atoms with Crippen LogP contribution in [0.25, 0.3) is 0 Å². The molecule has 0 aromatic carbocycles. The second-order valence-corrected chi connectivity index (χ2v) is 5.55. The molecule has 4 nitrogen and oxygen atoms in total. The predicted molar refractivity (Wildman–Crippen MR) is 75.7 cm³/mol. The first-order valence-electron chi connectivity index (χ1n) is 7.30. The van der Waals surface area contributed by atoms with E-state index in [0.717, 1.165) is 26.2 Å². The average Bonchev–Trinajstić information content (AvgIpc) is 2.62. The lowest BCUT2D eigenvalue weighted by Crippen LogP contribution is -2.41. The Labute approximate surface area is 112 Å². The van der Waals surface area contributed by atoms with Gasteiger partial charge in [-0.1, -0.05) is 12.8 Å². The highest BCUT2D eigenvalue weighted by Gasteiger charge is 2.14. The molecule has 1 amide bonds. The Kier molecular flexibility index (Phi) is 7.28. The highest BCUT2D eigenvalue weighted by atomic mass is 16.2. The fourth-order valence-electron chi connectivity index (χ4n) is 2.14. The summed E-state index contributed by atoms with van der Waals surface area (Å²) in [5.41, 5.74) is 0. The van der Waals surface area contributed by atoms with Gasteiger partial charge in [-0.05, 0) is 33.7 Å². The van der Waals surface area contributed by atoms with Crippen molar-refractivity contribution in [3.8, 4) is 0 Å². The van der Waals surface area contributed by atoms with Gasteiger partial charge in [0.25, 0.3) is 0 Å². The van der Waals surface area contributed by atoms with Crippen LogP contribution < -0.4 is 5.32 Å². The molecule has 1 N–H and O–H groups in total. The van der Waals surface area contributed by atoms with Crippen LogP contribution in [0.3, 0.4) is 0 Å². The summed E-state index contributed by atoms with van der Waals surface area (Å²) in [6.45, 7) is 8.63. The first kappa shape index (κ1) is 15.4. The Bertz CT molecular complexity index is 235. The molecule has 106 valence electrons. The van der Waals surface area contributed by atoms with E-state index in [0.29, 0.717) is 12.6 Å². The Morgan fingerprint density at radius 2 is 1.83 bits per heavy atom. The smallest absolute Gasteiger partial charge is 0.236 e. The van der Waals surface area contributed by atoms with Crippen LogP contribution in [-0.2, 0) is 4.79 Å². The summed E-state index contributed by atoms with van der Waals surface area (Å²) in [6.07, 6.45) is 4.89. The zero-order valence-corrected chi connectivity index (χ0v) is 12.2. The third-order valence-corrected chi connectivity index (χ3v) is 3.76. The molecule has 0 aliphatic carbocycles. The van der Waals surface area contributed by atoms with Crippen LogP contribution in [0.5, 0.6) is 0 Å². The normalized spacial score (nSPS) is 17.3. The summed E-state index contributed by atoms with van der Waals surface area (Å²) in [5.74, 6) is 0.268. The van der Waals surface area contributed by atoms with E-state index < -0.39 is 0 Å². The van der Waals surface area contributed by atoms with Crippen LogP contribution in [0.2, 0.25) is 0 Å². The third-order valence-electron chi connectivity index (χ3n) is 3.76. The van der Waals surface area contributed by atoms with Crippen molar-refractivity contribution in [3.05, 3.63) is 0 Å². The van der Waals surface area contributed by atoms with E-state index >= 15 is 0 Å². The average molecular weight is 255 g/mol. The molecule has 0 atom stereocenters. The molecule has 1 saturated heterocycles. The minimum Gasteiger partial charge on any atom is -0.342 e. The van der Waals surface area contributed by atoms with E-state index in [2.05, 4.69) is 31.1 Å². The molecule has 1 fully saturated rings. The van der Waals surface area contributed by atoms with Crippen molar-refractivity contribution in [2.24, 2.45) is 0 Å². The minimum atomic E-state index is 0.268. The number of amides is 1. The van der Waals surface area contributed by atoms with Crippen molar-refractivity contribution >= 4 is 5.91 Å². The van der Waals surface area contributed by atoms with Gasteiger partial charge < -0.3 is 15.1 Å². The molecule has 0 unspecified atom stereocenters. The van der Waals surface area contributed by atoms with Gasteiger partial charge in [-0.25, -0.2) is 0 Å². The van der Waals surface area contributed by atoms with Gasteiger partial charge in [0.15, 0.2) is 0 Å². The Morgan fingerprint density at radius 3 is 2.39 bits per heavy atom. The molecule has 4 heteroatoms. The first-order chi connectivity index (χ1) is 8.61. The number of carbonyl (C=O) groups excluding carboxylic acids is 1. The van der Waals surface area contributed by atoms with Crippen LogP contribution in [-0.4, -0.2) is 61.5 Å². The molecule has 18 heavy (non-hydrogen) atoms.